The molecule has 2 aliphatic rings. The van der Waals surface area contributed by atoms with Gasteiger partial charge in [0.1, 0.15) is 0 Å². The molecule has 1 saturated heterocycles. The van der Waals surface area contributed by atoms with Gasteiger partial charge < -0.3 is 4.90 Å². The number of rotatable bonds is 0. The Kier molecular flexibility index (Phi) is 2.83. The fourth-order valence-corrected chi connectivity index (χ4v) is 3.39. The van der Waals surface area contributed by atoms with Gasteiger partial charge in [-0.15, -0.1) is 0 Å². The zero-order chi connectivity index (χ0) is 9.26. The molecule has 13 heavy (non-hydrogen) atoms. The van der Waals surface area contributed by atoms with E-state index in [2.05, 4.69) is 16.8 Å². The van der Waals surface area contributed by atoms with Gasteiger partial charge in [0.05, 0.1) is 5.75 Å². The smallest absolute Gasteiger partial charge is 0.258 e. The normalized spacial score (nSPS) is 29.3. The molecule has 2 heterocycles. The maximum Gasteiger partial charge on any atom is 0.258 e. The summed E-state index contributed by atoms with van der Waals surface area (Å²) >= 11 is 3.55. The SMILES string of the molecule is CC1CSCCN1C1=NC(=O)CS1. The summed E-state index contributed by atoms with van der Waals surface area (Å²) in [5, 5.41) is 0.942. The topological polar surface area (TPSA) is 32.7 Å². The number of hydrogen-bond donors (Lipinski definition) is 0. The number of carbonyl (C=O) groups excluding carboxylic acids is 1. The van der Waals surface area contributed by atoms with Gasteiger partial charge in [0, 0.05) is 24.1 Å². The van der Waals surface area contributed by atoms with Crippen LogP contribution in [0.15, 0.2) is 4.99 Å². The van der Waals surface area contributed by atoms with Crippen LogP contribution < -0.4 is 0 Å². The number of amides is 1. The largest absolute Gasteiger partial charge is 0.347 e. The molecule has 0 spiro atoms. The highest BCUT2D eigenvalue weighted by molar-refractivity contribution is 8.14. The van der Waals surface area contributed by atoms with Gasteiger partial charge in [-0.2, -0.15) is 16.8 Å². The number of thioether (sulfide) groups is 2. The average Bonchev–Trinajstić information content (AvgIpc) is 2.53. The van der Waals surface area contributed by atoms with Gasteiger partial charge in [0.25, 0.3) is 5.91 Å². The molecule has 1 fully saturated rings. The Labute approximate surface area is 86.3 Å². The zero-order valence-electron chi connectivity index (χ0n) is 7.52. The van der Waals surface area contributed by atoms with Crippen LogP contribution in [0.25, 0.3) is 0 Å². The Hall–Kier alpha value is -0.160. The fourth-order valence-electron chi connectivity index (χ4n) is 1.46. The molecule has 3 nitrogen and oxygen atoms in total. The highest BCUT2D eigenvalue weighted by Gasteiger charge is 2.26. The molecule has 2 rings (SSSR count). The maximum absolute atomic E-state index is 11.0. The first-order chi connectivity index (χ1) is 6.27. The summed E-state index contributed by atoms with van der Waals surface area (Å²) in [7, 11) is 0. The van der Waals surface area contributed by atoms with Crippen molar-refractivity contribution in [2.24, 2.45) is 4.99 Å². The summed E-state index contributed by atoms with van der Waals surface area (Å²) in [6.07, 6.45) is 0. The molecule has 0 aromatic heterocycles. The van der Waals surface area contributed by atoms with Gasteiger partial charge >= 0.3 is 0 Å². The van der Waals surface area contributed by atoms with Crippen LogP contribution in [0, 0.1) is 0 Å². The quantitative estimate of drug-likeness (QED) is 0.606. The average molecular weight is 216 g/mol. The second kappa shape index (κ2) is 3.92. The van der Waals surface area contributed by atoms with Crippen LogP contribution in [0.2, 0.25) is 0 Å². The van der Waals surface area contributed by atoms with E-state index in [1.54, 1.807) is 11.8 Å². The second-order valence-corrected chi connectivity index (χ2v) is 5.29. The summed E-state index contributed by atoms with van der Waals surface area (Å²) in [6, 6.07) is 0.524. The molecule has 0 aliphatic carbocycles. The fraction of sp³-hybridized carbons (Fsp3) is 0.750. The van der Waals surface area contributed by atoms with E-state index in [0.29, 0.717) is 11.8 Å². The second-order valence-electron chi connectivity index (χ2n) is 3.19. The molecule has 1 unspecified atom stereocenters. The highest BCUT2D eigenvalue weighted by Crippen LogP contribution is 2.23. The van der Waals surface area contributed by atoms with E-state index in [1.165, 1.54) is 0 Å². The molecule has 5 heteroatoms. The minimum absolute atomic E-state index is 0.0189. The number of aliphatic imine (C=N–C) groups is 1. The zero-order valence-corrected chi connectivity index (χ0v) is 9.16. The Morgan fingerprint density at radius 3 is 3.08 bits per heavy atom. The summed E-state index contributed by atoms with van der Waals surface area (Å²) in [4.78, 5) is 17.2. The molecule has 0 aromatic carbocycles. The van der Waals surface area contributed by atoms with Crippen LogP contribution in [0.3, 0.4) is 0 Å². The Morgan fingerprint density at radius 2 is 2.46 bits per heavy atom. The van der Waals surface area contributed by atoms with Crippen molar-refractivity contribution < 1.29 is 4.79 Å². The van der Waals surface area contributed by atoms with Crippen molar-refractivity contribution in [2.75, 3.05) is 23.8 Å². The number of nitrogens with zero attached hydrogens (tertiary/aromatic N) is 2. The van der Waals surface area contributed by atoms with Crippen molar-refractivity contribution in [3.8, 4) is 0 Å². The minimum Gasteiger partial charge on any atom is -0.347 e. The first kappa shape index (κ1) is 9.40. The van der Waals surface area contributed by atoms with Crippen LogP contribution in [-0.4, -0.2) is 45.8 Å². The summed E-state index contributed by atoms with van der Waals surface area (Å²) < 4.78 is 0. The number of hydrogen-bond acceptors (Lipinski definition) is 4. The molecule has 0 N–H and O–H groups in total. The molecule has 0 saturated carbocycles. The van der Waals surface area contributed by atoms with Crippen LogP contribution in [0.5, 0.6) is 0 Å². The lowest BCUT2D eigenvalue weighted by molar-refractivity contribution is -0.115. The molecule has 72 valence electrons. The molecule has 0 bridgehead atoms. The monoisotopic (exact) mass is 216 g/mol. The third-order valence-electron chi connectivity index (χ3n) is 2.16. The lowest BCUT2D eigenvalue weighted by Crippen LogP contribution is -2.42. The Bertz CT molecular complexity index is 255. The molecular weight excluding hydrogens is 204 g/mol. The lowest BCUT2D eigenvalue weighted by Gasteiger charge is -2.33. The first-order valence-corrected chi connectivity index (χ1v) is 6.50. The highest BCUT2D eigenvalue weighted by atomic mass is 32.2. The van der Waals surface area contributed by atoms with Crippen LogP contribution in [-0.2, 0) is 4.79 Å². The van der Waals surface area contributed by atoms with E-state index in [9.17, 15) is 4.79 Å². The van der Waals surface area contributed by atoms with Crippen molar-refractivity contribution in [1.29, 1.82) is 0 Å². The predicted molar refractivity (Wildman–Crippen MR) is 58.4 cm³/mol. The molecule has 0 radical (unpaired) electrons. The van der Waals surface area contributed by atoms with Gasteiger partial charge in [0.15, 0.2) is 5.17 Å². The van der Waals surface area contributed by atoms with E-state index in [0.717, 1.165) is 23.2 Å². The Morgan fingerprint density at radius 1 is 1.62 bits per heavy atom. The first-order valence-electron chi connectivity index (χ1n) is 4.36. The Balaban J connectivity index is 2.06. The van der Waals surface area contributed by atoms with Gasteiger partial charge in [0.2, 0.25) is 0 Å². The van der Waals surface area contributed by atoms with E-state index in [1.807, 2.05) is 11.8 Å². The molecule has 1 atom stereocenters. The molecular formula is C8H12N2OS2. The van der Waals surface area contributed by atoms with Gasteiger partial charge in [-0.05, 0) is 6.92 Å². The molecule has 1 amide bonds. The van der Waals surface area contributed by atoms with Crippen molar-refractivity contribution in [2.45, 2.75) is 13.0 Å². The van der Waals surface area contributed by atoms with E-state index in [-0.39, 0.29) is 5.91 Å². The molecule has 0 aromatic rings. The van der Waals surface area contributed by atoms with Crippen molar-refractivity contribution in [3.05, 3.63) is 0 Å². The minimum atomic E-state index is 0.0189. The van der Waals surface area contributed by atoms with E-state index < -0.39 is 0 Å². The van der Waals surface area contributed by atoms with E-state index >= 15 is 0 Å². The summed E-state index contributed by atoms with van der Waals surface area (Å²) in [5.41, 5.74) is 0. The van der Waals surface area contributed by atoms with Gasteiger partial charge in [-0.3, -0.25) is 4.79 Å². The lowest BCUT2D eigenvalue weighted by atomic mass is 10.3. The number of amidine groups is 1. The predicted octanol–water partition coefficient (Wildman–Crippen LogP) is 1.05. The van der Waals surface area contributed by atoms with Crippen LogP contribution in [0.4, 0.5) is 0 Å². The van der Waals surface area contributed by atoms with Crippen molar-refractivity contribution >= 4 is 34.6 Å². The summed E-state index contributed by atoms with van der Waals surface area (Å²) in [5.74, 6) is 2.85. The molecule has 2 aliphatic heterocycles. The van der Waals surface area contributed by atoms with Crippen molar-refractivity contribution in [3.63, 3.8) is 0 Å². The maximum atomic E-state index is 11.0. The van der Waals surface area contributed by atoms with E-state index in [4.69, 9.17) is 0 Å². The van der Waals surface area contributed by atoms with Crippen LogP contribution in [0.1, 0.15) is 6.92 Å². The van der Waals surface area contributed by atoms with Gasteiger partial charge in [-0.25, -0.2) is 0 Å². The standard InChI is InChI=1S/C8H12N2OS2/c1-6-4-12-3-2-10(6)8-9-7(11)5-13-8/h6H,2-5H2,1H3. The third kappa shape index (κ3) is 2.02. The number of carbonyl (C=O) groups is 1. The van der Waals surface area contributed by atoms with Crippen LogP contribution >= 0.6 is 23.5 Å². The summed E-state index contributed by atoms with van der Waals surface area (Å²) in [6.45, 7) is 3.23. The van der Waals surface area contributed by atoms with Crippen molar-refractivity contribution in [1.82, 2.24) is 4.90 Å². The van der Waals surface area contributed by atoms with Gasteiger partial charge in [-0.1, -0.05) is 11.8 Å². The third-order valence-corrected chi connectivity index (χ3v) is 4.32.